The van der Waals surface area contributed by atoms with Crippen LogP contribution in [0, 0.1) is 0 Å². The molecule has 0 amide bonds. The number of halogens is 3. The average molecular weight is 463 g/mol. The van der Waals surface area contributed by atoms with Crippen LogP contribution >= 0.6 is 0 Å². The number of hydrogen-bond acceptors (Lipinski definition) is 4. The van der Waals surface area contributed by atoms with Gasteiger partial charge in [0.1, 0.15) is 12.4 Å². The number of ether oxygens (including phenoxy) is 1. The van der Waals surface area contributed by atoms with Gasteiger partial charge in [0.2, 0.25) is 0 Å². The van der Waals surface area contributed by atoms with Crippen molar-refractivity contribution < 1.29 is 23.0 Å². The number of rotatable bonds is 7. The number of piperazine rings is 1. The lowest BCUT2D eigenvalue weighted by Crippen LogP contribution is -2.49. The van der Waals surface area contributed by atoms with Crippen molar-refractivity contribution in [1.82, 2.24) is 10.2 Å². The second-order valence-corrected chi connectivity index (χ2v) is 9.32. The standard InChI is InChI=1S/C26H33F3N2O2/c27-26(28,29)22-6-4-5-20(17-22)19-33-23-9-7-21(8-10-23)24(18-31-15-13-30-14-16-31)25(32)11-2-1-3-12-25/h4-10,17,24,30,32H,1-3,11-16,18-19H2. The van der Waals surface area contributed by atoms with Crippen molar-refractivity contribution in [2.24, 2.45) is 0 Å². The lowest BCUT2D eigenvalue weighted by atomic mass is 9.72. The molecule has 180 valence electrons. The molecule has 0 bridgehead atoms. The largest absolute Gasteiger partial charge is 0.489 e. The monoisotopic (exact) mass is 462 g/mol. The molecule has 33 heavy (non-hydrogen) atoms. The van der Waals surface area contributed by atoms with E-state index in [4.69, 9.17) is 4.74 Å². The first-order chi connectivity index (χ1) is 15.8. The van der Waals surface area contributed by atoms with Gasteiger partial charge < -0.3 is 20.1 Å². The Morgan fingerprint density at radius 2 is 1.70 bits per heavy atom. The Morgan fingerprint density at radius 1 is 1.00 bits per heavy atom. The molecule has 0 radical (unpaired) electrons. The van der Waals surface area contributed by atoms with Gasteiger partial charge in [0.05, 0.1) is 11.2 Å². The maximum atomic E-state index is 12.9. The van der Waals surface area contributed by atoms with Gasteiger partial charge >= 0.3 is 6.18 Å². The van der Waals surface area contributed by atoms with Crippen LogP contribution in [0.1, 0.15) is 54.7 Å². The highest BCUT2D eigenvalue weighted by Crippen LogP contribution is 2.41. The van der Waals surface area contributed by atoms with Gasteiger partial charge in [0, 0.05) is 38.6 Å². The van der Waals surface area contributed by atoms with Crippen LogP contribution in [0.4, 0.5) is 13.2 Å². The second-order valence-electron chi connectivity index (χ2n) is 9.32. The van der Waals surface area contributed by atoms with Crippen LogP contribution in [0.2, 0.25) is 0 Å². The van der Waals surface area contributed by atoms with Crippen LogP contribution in [-0.4, -0.2) is 48.3 Å². The summed E-state index contributed by atoms with van der Waals surface area (Å²) in [5.41, 5.74) is 0.186. The van der Waals surface area contributed by atoms with Gasteiger partial charge in [-0.15, -0.1) is 0 Å². The highest BCUT2D eigenvalue weighted by atomic mass is 19.4. The van der Waals surface area contributed by atoms with Gasteiger partial charge in [-0.1, -0.05) is 43.5 Å². The van der Waals surface area contributed by atoms with Crippen molar-refractivity contribution >= 4 is 0 Å². The van der Waals surface area contributed by atoms with Crippen molar-refractivity contribution in [2.45, 2.75) is 56.4 Å². The van der Waals surface area contributed by atoms with Crippen molar-refractivity contribution in [3.63, 3.8) is 0 Å². The Morgan fingerprint density at radius 3 is 2.36 bits per heavy atom. The Hall–Kier alpha value is -2.09. The van der Waals surface area contributed by atoms with E-state index >= 15 is 0 Å². The maximum absolute atomic E-state index is 12.9. The normalized spacial score (nSPS) is 20.4. The molecule has 2 aromatic carbocycles. The molecule has 2 fully saturated rings. The van der Waals surface area contributed by atoms with Crippen molar-refractivity contribution in [3.8, 4) is 5.75 Å². The predicted molar refractivity (Wildman–Crippen MR) is 122 cm³/mol. The maximum Gasteiger partial charge on any atom is 0.416 e. The molecule has 0 spiro atoms. The summed E-state index contributed by atoms with van der Waals surface area (Å²) in [4.78, 5) is 2.42. The summed E-state index contributed by atoms with van der Waals surface area (Å²) in [6.45, 7) is 4.77. The van der Waals surface area contributed by atoms with Crippen molar-refractivity contribution in [3.05, 3.63) is 65.2 Å². The third-order valence-corrected chi connectivity index (χ3v) is 6.96. The molecular formula is C26H33F3N2O2. The average Bonchev–Trinajstić information content (AvgIpc) is 2.82. The van der Waals surface area contributed by atoms with Gasteiger partial charge in [0.15, 0.2) is 0 Å². The summed E-state index contributed by atoms with van der Waals surface area (Å²) in [5.74, 6) is 0.626. The quantitative estimate of drug-likeness (QED) is 0.610. The number of alkyl halides is 3. The minimum atomic E-state index is -4.36. The SMILES string of the molecule is OC1(C(CN2CCNCC2)c2ccc(OCc3cccc(C(F)(F)F)c3)cc2)CCCCC1. The smallest absolute Gasteiger partial charge is 0.416 e. The van der Waals surface area contributed by atoms with Crippen LogP contribution in [0.25, 0.3) is 0 Å². The fourth-order valence-electron chi connectivity index (χ4n) is 5.05. The molecule has 1 saturated carbocycles. The van der Waals surface area contributed by atoms with E-state index < -0.39 is 17.3 Å². The van der Waals surface area contributed by atoms with E-state index in [0.717, 1.165) is 76.1 Å². The molecule has 2 aromatic rings. The Kier molecular flexibility index (Phi) is 7.62. The molecule has 2 N–H and O–H groups in total. The van der Waals surface area contributed by atoms with E-state index in [0.29, 0.717) is 11.3 Å². The molecule has 1 saturated heterocycles. The third kappa shape index (κ3) is 6.28. The zero-order valence-corrected chi connectivity index (χ0v) is 18.9. The minimum absolute atomic E-state index is 0.0217. The Labute approximate surface area is 193 Å². The first kappa shape index (κ1) is 24.0. The van der Waals surface area contributed by atoms with Gasteiger partial charge in [0.25, 0.3) is 0 Å². The van der Waals surface area contributed by atoms with E-state index in [9.17, 15) is 18.3 Å². The molecule has 1 aliphatic carbocycles. The minimum Gasteiger partial charge on any atom is -0.489 e. The van der Waals surface area contributed by atoms with Crippen molar-refractivity contribution in [2.75, 3.05) is 32.7 Å². The Bertz CT molecular complexity index is 889. The molecule has 1 atom stereocenters. The predicted octanol–water partition coefficient (Wildman–Crippen LogP) is 4.97. The molecule has 1 heterocycles. The summed E-state index contributed by atoms with van der Waals surface area (Å²) < 4.78 is 44.6. The van der Waals surface area contributed by atoms with Crippen LogP contribution in [-0.2, 0) is 12.8 Å². The first-order valence-electron chi connectivity index (χ1n) is 11.9. The molecule has 4 nitrogen and oxygen atoms in total. The van der Waals surface area contributed by atoms with E-state index in [2.05, 4.69) is 10.2 Å². The van der Waals surface area contributed by atoms with Gasteiger partial charge in [-0.05, 0) is 48.2 Å². The Balaban J connectivity index is 1.45. The van der Waals surface area contributed by atoms with Crippen LogP contribution in [0.15, 0.2) is 48.5 Å². The van der Waals surface area contributed by atoms with Crippen molar-refractivity contribution in [1.29, 1.82) is 0 Å². The highest BCUT2D eigenvalue weighted by molar-refractivity contribution is 5.32. The first-order valence-corrected chi connectivity index (χ1v) is 11.9. The van der Waals surface area contributed by atoms with E-state index in [-0.39, 0.29) is 12.5 Å². The second kappa shape index (κ2) is 10.5. The third-order valence-electron chi connectivity index (χ3n) is 6.96. The lowest BCUT2D eigenvalue weighted by molar-refractivity contribution is -0.137. The summed E-state index contributed by atoms with van der Waals surface area (Å²) in [7, 11) is 0. The number of nitrogens with zero attached hydrogens (tertiary/aromatic N) is 1. The highest BCUT2D eigenvalue weighted by Gasteiger charge is 2.39. The van der Waals surface area contributed by atoms with Gasteiger partial charge in [-0.25, -0.2) is 0 Å². The molecule has 1 aliphatic heterocycles. The zero-order valence-electron chi connectivity index (χ0n) is 18.9. The summed E-state index contributed by atoms with van der Waals surface area (Å²) in [6, 6.07) is 12.9. The van der Waals surface area contributed by atoms with Crippen LogP contribution < -0.4 is 10.1 Å². The number of hydrogen-bond donors (Lipinski definition) is 2. The lowest BCUT2D eigenvalue weighted by Gasteiger charge is -2.42. The number of nitrogens with one attached hydrogen (secondary N) is 1. The summed E-state index contributed by atoms with van der Waals surface area (Å²) in [5, 5.41) is 14.9. The molecule has 1 unspecified atom stereocenters. The van der Waals surface area contributed by atoms with Gasteiger partial charge in [-0.3, -0.25) is 0 Å². The molecule has 0 aromatic heterocycles. The summed E-state index contributed by atoms with van der Waals surface area (Å²) in [6.07, 6.45) is 0.538. The van der Waals surface area contributed by atoms with E-state index in [1.165, 1.54) is 12.5 Å². The molecule has 7 heteroatoms. The summed E-state index contributed by atoms with van der Waals surface area (Å²) >= 11 is 0. The number of aliphatic hydroxyl groups is 1. The zero-order chi connectivity index (χ0) is 23.3. The van der Waals surface area contributed by atoms with E-state index in [1.54, 1.807) is 6.07 Å². The molecular weight excluding hydrogens is 429 g/mol. The van der Waals surface area contributed by atoms with Crippen LogP contribution in [0.5, 0.6) is 5.75 Å². The molecule has 4 rings (SSSR count). The topological polar surface area (TPSA) is 44.7 Å². The van der Waals surface area contributed by atoms with Gasteiger partial charge in [-0.2, -0.15) is 13.2 Å². The van der Waals surface area contributed by atoms with Crippen LogP contribution in [0.3, 0.4) is 0 Å². The molecule has 2 aliphatic rings. The number of benzene rings is 2. The van der Waals surface area contributed by atoms with E-state index in [1.807, 2.05) is 24.3 Å². The fourth-order valence-corrected chi connectivity index (χ4v) is 5.05. The fraction of sp³-hybridized carbons (Fsp3) is 0.538.